The van der Waals surface area contributed by atoms with E-state index in [2.05, 4.69) is 26.1 Å². The summed E-state index contributed by atoms with van der Waals surface area (Å²) in [6, 6.07) is 4.94. The maximum absolute atomic E-state index is 13.2. The number of rotatable bonds is 9. The van der Waals surface area contributed by atoms with Gasteiger partial charge in [0.1, 0.15) is 5.82 Å². The number of nitrogens with one attached hydrogen (secondary N) is 1. The van der Waals surface area contributed by atoms with E-state index in [4.69, 9.17) is 11.6 Å². The van der Waals surface area contributed by atoms with Crippen LogP contribution in [0, 0.1) is 11.7 Å². The average Bonchev–Trinajstić information content (AvgIpc) is 2.42. The van der Waals surface area contributed by atoms with Crippen molar-refractivity contribution in [2.45, 2.75) is 58.9 Å². The lowest BCUT2D eigenvalue weighted by Crippen LogP contribution is -2.24. The molecule has 0 fully saturated rings. The first-order valence-electron chi connectivity index (χ1n) is 7.80. The molecule has 3 heteroatoms. The van der Waals surface area contributed by atoms with Crippen LogP contribution >= 0.6 is 11.6 Å². The Balaban J connectivity index is 2.81. The van der Waals surface area contributed by atoms with Crippen molar-refractivity contribution in [3.63, 3.8) is 0 Å². The summed E-state index contributed by atoms with van der Waals surface area (Å²) in [6.45, 7) is 7.46. The first-order valence-corrected chi connectivity index (χ1v) is 8.18. The lowest BCUT2D eigenvalue weighted by Gasteiger charge is -2.24. The van der Waals surface area contributed by atoms with Gasteiger partial charge in [-0.1, -0.05) is 64.1 Å². The normalized spacial score (nSPS) is 14.2. The van der Waals surface area contributed by atoms with E-state index >= 15 is 0 Å². The molecule has 1 aromatic rings. The number of benzene rings is 1. The molecule has 2 unspecified atom stereocenters. The zero-order chi connectivity index (χ0) is 15.0. The predicted molar refractivity (Wildman–Crippen MR) is 85.8 cm³/mol. The predicted octanol–water partition coefficient (Wildman–Crippen LogP) is 5.74. The smallest absolute Gasteiger partial charge is 0.124 e. The molecule has 1 aromatic carbocycles. The van der Waals surface area contributed by atoms with Crippen LogP contribution < -0.4 is 5.32 Å². The van der Waals surface area contributed by atoms with Crippen molar-refractivity contribution >= 4 is 11.6 Å². The van der Waals surface area contributed by atoms with Crippen molar-refractivity contribution in [3.05, 3.63) is 34.6 Å². The van der Waals surface area contributed by atoms with Crippen LogP contribution in [0.3, 0.4) is 0 Å². The van der Waals surface area contributed by atoms with E-state index in [0.29, 0.717) is 10.9 Å². The van der Waals surface area contributed by atoms with Crippen LogP contribution in [0.4, 0.5) is 4.39 Å². The SMILES string of the molecule is CCCCC(CC)CC(NCC)c1ccc(F)cc1Cl. The molecule has 20 heavy (non-hydrogen) atoms. The summed E-state index contributed by atoms with van der Waals surface area (Å²) in [5.41, 5.74) is 1.02. The van der Waals surface area contributed by atoms with Crippen molar-refractivity contribution < 1.29 is 4.39 Å². The van der Waals surface area contributed by atoms with Crippen LogP contribution in [0.25, 0.3) is 0 Å². The molecule has 0 aliphatic rings. The first kappa shape index (κ1) is 17.5. The highest BCUT2D eigenvalue weighted by Crippen LogP contribution is 2.31. The molecule has 2 atom stereocenters. The van der Waals surface area contributed by atoms with Gasteiger partial charge in [-0.25, -0.2) is 4.39 Å². The Kier molecular flexibility index (Phi) is 8.16. The molecule has 0 aliphatic carbocycles. The summed E-state index contributed by atoms with van der Waals surface area (Å²) in [5, 5.41) is 4.02. The summed E-state index contributed by atoms with van der Waals surface area (Å²) in [7, 11) is 0. The second-order valence-corrected chi connectivity index (χ2v) is 5.84. The summed E-state index contributed by atoms with van der Waals surface area (Å²) in [4.78, 5) is 0. The molecule has 0 radical (unpaired) electrons. The Morgan fingerprint density at radius 1 is 1.25 bits per heavy atom. The number of unbranched alkanes of at least 4 members (excludes halogenated alkanes) is 1. The topological polar surface area (TPSA) is 12.0 Å². The Bertz CT molecular complexity index is 395. The van der Waals surface area contributed by atoms with Gasteiger partial charge < -0.3 is 5.32 Å². The molecule has 0 saturated heterocycles. The first-order chi connectivity index (χ1) is 9.62. The molecule has 114 valence electrons. The van der Waals surface area contributed by atoms with E-state index in [-0.39, 0.29) is 11.9 Å². The van der Waals surface area contributed by atoms with Gasteiger partial charge in [0.15, 0.2) is 0 Å². The average molecular weight is 300 g/mol. The Labute approximate surface area is 127 Å². The van der Waals surface area contributed by atoms with Gasteiger partial charge in [-0.3, -0.25) is 0 Å². The molecular formula is C17H27ClFN. The van der Waals surface area contributed by atoms with Crippen molar-refractivity contribution in [3.8, 4) is 0 Å². The molecule has 1 rings (SSSR count). The molecule has 0 saturated carbocycles. The third-order valence-corrected chi connectivity index (χ3v) is 4.23. The van der Waals surface area contributed by atoms with Crippen LogP contribution in [-0.2, 0) is 0 Å². The maximum atomic E-state index is 13.2. The monoisotopic (exact) mass is 299 g/mol. The van der Waals surface area contributed by atoms with Gasteiger partial charge >= 0.3 is 0 Å². The molecule has 0 aromatic heterocycles. The lowest BCUT2D eigenvalue weighted by molar-refractivity contribution is 0.357. The lowest BCUT2D eigenvalue weighted by atomic mass is 9.89. The Morgan fingerprint density at radius 3 is 2.55 bits per heavy atom. The molecule has 1 nitrogen and oxygen atoms in total. The second-order valence-electron chi connectivity index (χ2n) is 5.43. The van der Waals surface area contributed by atoms with Gasteiger partial charge in [-0.2, -0.15) is 0 Å². The van der Waals surface area contributed by atoms with Gasteiger partial charge in [0, 0.05) is 11.1 Å². The van der Waals surface area contributed by atoms with Crippen LogP contribution in [-0.4, -0.2) is 6.54 Å². The van der Waals surface area contributed by atoms with Crippen LogP contribution in [0.5, 0.6) is 0 Å². The maximum Gasteiger partial charge on any atom is 0.124 e. The fourth-order valence-electron chi connectivity index (χ4n) is 2.67. The molecule has 0 amide bonds. The fourth-order valence-corrected chi connectivity index (χ4v) is 2.96. The van der Waals surface area contributed by atoms with E-state index in [1.165, 1.54) is 37.8 Å². The van der Waals surface area contributed by atoms with Crippen molar-refractivity contribution in [2.24, 2.45) is 5.92 Å². The second kappa shape index (κ2) is 9.36. The Hall–Kier alpha value is -0.600. The quantitative estimate of drug-likeness (QED) is 0.613. The molecule has 1 N–H and O–H groups in total. The van der Waals surface area contributed by atoms with Crippen LogP contribution in [0.15, 0.2) is 18.2 Å². The largest absolute Gasteiger partial charge is 0.310 e. The minimum Gasteiger partial charge on any atom is -0.310 e. The fraction of sp³-hybridized carbons (Fsp3) is 0.647. The van der Waals surface area contributed by atoms with Gasteiger partial charge in [0.2, 0.25) is 0 Å². The zero-order valence-corrected chi connectivity index (χ0v) is 13.6. The highest BCUT2D eigenvalue weighted by Gasteiger charge is 2.18. The standard InChI is InChI=1S/C17H27ClFN/c1-4-7-8-13(5-2)11-17(20-6-3)15-10-9-14(19)12-16(15)18/h9-10,12-13,17,20H,4-8,11H2,1-3H3. The van der Waals surface area contributed by atoms with Gasteiger partial charge in [0.25, 0.3) is 0 Å². The summed E-state index contributed by atoms with van der Waals surface area (Å²) in [6.07, 6.45) is 6.01. The van der Waals surface area contributed by atoms with E-state index in [1.807, 2.05) is 6.07 Å². The van der Waals surface area contributed by atoms with E-state index in [9.17, 15) is 4.39 Å². The Morgan fingerprint density at radius 2 is 2.00 bits per heavy atom. The van der Waals surface area contributed by atoms with Crippen molar-refractivity contribution in [1.29, 1.82) is 0 Å². The molecular weight excluding hydrogens is 273 g/mol. The molecule has 0 spiro atoms. The van der Waals surface area contributed by atoms with Crippen molar-refractivity contribution in [1.82, 2.24) is 5.32 Å². The number of hydrogen-bond acceptors (Lipinski definition) is 1. The minimum atomic E-state index is -0.271. The summed E-state index contributed by atoms with van der Waals surface area (Å²) >= 11 is 6.21. The van der Waals surface area contributed by atoms with Gasteiger partial charge in [0.05, 0.1) is 0 Å². The minimum absolute atomic E-state index is 0.218. The van der Waals surface area contributed by atoms with Gasteiger partial charge in [-0.15, -0.1) is 0 Å². The van der Waals surface area contributed by atoms with E-state index in [0.717, 1.165) is 18.5 Å². The zero-order valence-electron chi connectivity index (χ0n) is 12.9. The van der Waals surface area contributed by atoms with E-state index in [1.54, 1.807) is 0 Å². The summed E-state index contributed by atoms with van der Waals surface area (Å²) in [5.74, 6) is 0.423. The third kappa shape index (κ3) is 5.41. The molecule has 0 aliphatic heterocycles. The molecule has 0 heterocycles. The third-order valence-electron chi connectivity index (χ3n) is 3.90. The number of halogens is 2. The van der Waals surface area contributed by atoms with Crippen LogP contribution in [0.1, 0.15) is 64.5 Å². The van der Waals surface area contributed by atoms with Crippen LogP contribution in [0.2, 0.25) is 5.02 Å². The van der Waals surface area contributed by atoms with Gasteiger partial charge in [-0.05, 0) is 36.6 Å². The highest BCUT2D eigenvalue weighted by molar-refractivity contribution is 6.31. The van der Waals surface area contributed by atoms with Crippen molar-refractivity contribution in [2.75, 3.05) is 6.54 Å². The summed E-state index contributed by atoms with van der Waals surface area (Å²) < 4.78 is 13.2. The molecule has 0 bridgehead atoms. The highest BCUT2D eigenvalue weighted by atomic mass is 35.5. The number of hydrogen-bond donors (Lipinski definition) is 1. The van der Waals surface area contributed by atoms with E-state index < -0.39 is 0 Å².